The van der Waals surface area contributed by atoms with Crippen molar-refractivity contribution in [3.05, 3.63) is 76.5 Å². The summed E-state index contributed by atoms with van der Waals surface area (Å²) in [6, 6.07) is 14.9. The van der Waals surface area contributed by atoms with Gasteiger partial charge in [0.2, 0.25) is 0 Å². The van der Waals surface area contributed by atoms with Gasteiger partial charge in [-0.15, -0.1) is 0 Å². The van der Waals surface area contributed by atoms with Crippen molar-refractivity contribution in [2.45, 2.75) is 32.6 Å². The molecule has 0 fully saturated rings. The van der Waals surface area contributed by atoms with E-state index < -0.39 is 0 Å². The number of nitro groups is 1. The third kappa shape index (κ3) is 3.90. The molecule has 5 nitrogen and oxygen atoms in total. The third-order valence-electron chi connectivity index (χ3n) is 5.19. The van der Waals surface area contributed by atoms with Crippen molar-refractivity contribution in [3.63, 3.8) is 0 Å². The van der Waals surface area contributed by atoms with Gasteiger partial charge in [0.25, 0.3) is 5.69 Å². The molecule has 0 aliphatic carbocycles. The normalized spacial score (nSPS) is 11.6. The maximum Gasteiger partial charge on any atom is 0.270 e. The number of rotatable bonds is 7. The van der Waals surface area contributed by atoms with Gasteiger partial charge in [-0.1, -0.05) is 50.1 Å². The van der Waals surface area contributed by atoms with Gasteiger partial charge in [0.1, 0.15) is 5.65 Å². The highest BCUT2D eigenvalue weighted by Crippen LogP contribution is 2.32. The Labute approximate surface area is 169 Å². The number of nitrogens with zero attached hydrogens (tertiary/aromatic N) is 2. The number of hydrogen-bond donors (Lipinski definition) is 1. The lowest BCUT2D eigenvalue weighted by Crippen LogP contribution is -1.88. The van der Waals surface area contributed by atoms with E-state index >= 15 is 0 Å². The lowest BCUT2D eigenvalue weighted by molar-refractivity contribution is -0.384. The van der Waals surface area contributed by atoms with Crippen molar-refractivity contribution in [1.82, 2.24) is 9.97 Å². The lowest BCUT2D eigenvalue weighted by atomic mass is 10.0. The Kier molecular flexibility index (Phi) is 5.38. The molecule has 4 aromatic rings. The van der Waals surface area contributed by atoms with Crippen LogP contribution in [0.25, 0.3) is 39.1 Å². The number of H-pyrrole nitrogens is 1. The fourth-order valence-electron chi connectivity index (χ4n) is 3.68. The summed E-state index contributed by atoms with van der Waals surface area (Å²) in [5, 5.41) is 13.3. The first-order valence-electron chi connectivity index (χ1n) is 9.99. The molecular formula is C24H23N3O2. The van der Waals surface area contributed by atoms with E-state index in [4.69, 9.17) is 0 Å². The number of allylic oxidation sites excluding steroid dienone is 1. The molecule has 0 radical (unpaired) electrons. The van der Waals surface area contributed by atoms with Crippen molar-refractivity contribution < 1.29 is 4.92 Å². The average Bonchev–Trinajstić information content (AvgIpc) is 3.12. The molecule has 4 rings (SSSR count). The Morgan fingerprint density at radius 1 is 1.10 bits per heavy atom. The molecule has 0 atom stereocenters. The van der Waals surface area contributed by atoms with E-state index in [1.165, 1.54) is 25.3 Å². The fourth-order valence-corrected chi connectivity index (χ4v) is 3.68. The molecule has 0 bridgehead atoms. The summed E-state index contributed by atoms with van der Waals surface area (Å²) < 4.78 is 0. The Bertz CT molecular complexity index is 1210. The molecule has 2 aromatic heterocycles. The van der Waals surface area contributed by atoms with E-state index in [0.29, 0.717) is 0 Å². The molecular weight excluding hydrogens is 362 g/mol. The van der Waals surface area contributed by atoms with Gasteiger partial charge in [0, 0.05) is 34.6 Å². The second-order valence-electron chi connectivity index (χ2n) is 7.21. The number of nitro benzene ring substituents is 1. The van der Waals surface area contributed by atoms with Crippen LogP contribution in [0.3, 0.4) is 0 Å². The summed E-state index contributed by atoms with van der Waals surface area (Å²) in [6.45, 7) is 2.21. The minimum absolute atomic E-state index is 0.0962. The predicted molar refractivity (Wildman–Crippen MR) is 119 cm³/mol. The van der Waals surface area contributed by atoms with Crippen molar-refractivity contribution >= 4 is 33.7 Å². The van der Waals surface area contributed by atoms with Crippen LogP contribution in [0.4, 0.5) is 5.69 Å². The number of aromatic nitrogens is 2. The van der Waals surface area contributed by atoms with Crippen molar-refractivity contribution in [2.24, 2.45) is 0 Å². The molecule has 0 saturated heterocycles. The maximum absolute atomic E-state index is 11.1. The Hall–Kier alpha value is -3.47. The number of pyridine rings is 1. The summed E-state index contributed by atoms with van der Waals surface area (Å²) in [5.74, 6) is 0. The highest BCUT2D eigenvalue weighted by atomic mass is 16.6. The van der Waals surface area contributed by atoms with Crippen LogP contribution in [-0.4, -0.2) is 14.9 Å². The molecule has 0 aliphatic heterocycles. The number of aromatic amines is 1. The van der Waals surface area contributed by atoms with Crippen LogP contribution in [0.5, 0.6) is 0 Å². The first kappa shape index (κ1) is 18.9. The Balaban J connectivity index is 1.78. The van der Waals surface area contributed by atoms with Crippen LogP contribution in [0.1, 0.15) is 38.2 Å². The standard InChI is InChI=1S/C24H23N3O2/c1-2-3-4-5-6-8-17-13-14-25-24-23(17)21-16-19(11-12-22(21)26-24)18-9-7-10-20(15-18)27(28)29/h6-16H,2-5H2,1H3,(H,25,26)/b8-6+. The monoisotopic (exact) mass is 385 g/mol. The molecule has 0 amide bonds. The number of benzene rings is 2. The molecule has 5 heteroatoms. The second kappa shape index (κ2) is 8.27. The number of fused-ring (bicyclic) bond motifs is 3. The minimum atomic E-state index is -0.362. The van der Waals surface area contributed by atoms with E-state index in [9.17, 15) is 10.1 Å². The fraction of sp³-hybridized carbons (Fsp3) is 0.208. The summed E-state index contributed by atoms with van der Waals surface area (Å²) in [5.41, 5.74) is 4.87. The topological polar surface area (TPSA) is 71.8 Å². The van der Waals surface area contributed by atoms with Crippen LogP contribution in [-0.2, 0) is 0 Å². The molecule has 2 aromatic carbocycles. The van der Waals surface area contributed by atoms with Crippen molar-refractivity contribution in [3.8, 4) is 11.1 Å². The van der Waals surface area contributed by atoms with Gasteiger partial charge in [-0.05, 0) is 47.7 Å². The summed E-state index contributed by atoms with van der Waals surface area (Å²) >= 11 is 0. The molecule has 1 N–H and O–H groups in total. The van der Waals surface area contributed by atoms with Gasteiger partial charge in [-0.25, -0.2) is 4.98 Å². The minimum Gasteiger partial charge on any atom is -0.339 e. The van der Waals surface area contributed by atoms with Crippen molar-refractivity contribution in [2.75, 3.05) is 0 Å². The number of nitrogens with one attached hydrogen (secondary N) is 1. The molecule has 0 saturated carbocycles. The molecule has 29 heavy (non-hydrogen) atoms. The smallest absolute Gasteiger partial charge is 0.270 e. The lowest BCUT2D eigenvalue weighted by Gasteiger charge is -2.03. The van der Waals surface area contributed by atoms with E-state index in [-0.39, 0.29) is 10.6 Å². The highest BCUT2D eigenvalue weighted by molar-refractivity contribution is 6.10. The van der Waals surface area contributed by atoms with Crippen LogP contribution in [0, 0.1) is 10.1 Å². The number of unbranched alkanes of at least 4 members (excludes halogenated alkanes) is 3. The van der Waals surface area contributed by atoms with Crippen LogP contribution in [0.2, 0.25) is 0 Å². The molecule has 0 spiro atoms. The summed E-state index contributed by atoms with van der Waals surface area (Å²) in [6.07, 6.45) is 11.0. The van der Waals surface area contributed by atoms with E-state index in [1.807, 2.05) is 30.5 Å². The second-order valence-corrected chi connectivity index (χ2v) is 7.21. The summed E-state index contributed by atoms with van der Waals surface area (Å²) in [4.78, 5) is 18.6. The molecule has 0 aliphatic rings. The highest BCUT2D eigenvalue weighted by Gasteiger charge is 2.12. The zero-order valence-corrected chi connectivity index (χ0v) is 16.4. The zero-order valence-electron chi connectivity index (χ0n) is 16.4. The summed E-state index contributed by atoms with van der Waals surface area (Å²) in [7, 11) is 0. The van der Waals surface area contributed by atoms with E-state index in [2.05, 4.69) is 35.1 Å². The first-order chi connectivity index (χ1) is 14.2. The van der Waals surface area contributed by atoms with Crippen molar-refractivity contribution in [1.29, 1.82) is 0 Å². The average molecular weight is 385 g/mol. The number of hydrogen-bond acceptors (Lipinski definition) is 3. The SMILES string of the molecule is CCCCC/C=C/c1ccnc2[nH]c3ccc(-c4cccc([N+](=O)[O-])c4)cc3c12. The first-order valence-corrected chi connectivity index (χ1v) is 9.99. The van der Waals surface area contributed by atoms with Gasteiger partial charge in [0.15, 0.2) is 0 Å². The van der Waals surface area contributed by atoms with Gasteiger partial charge in [0.05, 0.1) is 4.92 Å². The molecule has 146 valence electrons. The van der Waals surface area contributed by atoms with Gasteiger partial charge >= 0.3 is 0 Å². The Morgan fingerprint density at radius 2 is 1.97 bits per heavy atom. The molecule has 2 heterocycles. The van der Waals surface area contributed by atoms with E-state index in [0.717, 1.165) is 45.0 Å². The third-order valence-corrected chi connectivity index (χ3v) is 5.19. The molecule has 0 unspecified atom stereocenters. The largest absolute Gasteiger partial charge is 0.339 e. The van der Waals surface area contributed by atoms with E-state index in [1.54, 1.807) is 12.1 Å². The van der Waals surface area contributed by atoms with Crippen LogP contribution < -0.4 is 0 Å². The van der Waals surface area contributed by atoms with Gasteiger partial charge in [-0.2, -0.15) is 0 Å². The van der Waals surface area contributed by atoms with Gasteiger partial charge in [-0.3, -0.25) is 10.1 Å². The Morgan fingerprint density at radius 3 is 2.79 bits per heavy atom. The number of non-ortho nitro benzene ring substituents is 1. The predicted octanol–water partition coefficient (Wildman–Crippen LogP) is 6.88. The maximum atomic E-state index is 11.1. The zero-order chi connectivity index (χ0) is 20.2. The van der Waals surface area contributed by atoms with Crippen LogP contribution >= 0.6 is 0 Å². The quantitative estimate of drug-likeness (QED) is 0.214. The van der Waals surface area contributed by atoms with Gasteiger partial charge < -0.3 is 4.98 Å². The van der Waals surface area contributed by atoms with Crippen LogP contribution in [0.15, 0.2) is 60.8 Å².